The number of pyridine rings is 1. The Hall–Kier alpha value is -1.09. The fourth-order valence-electron chi connectivity index (χ4n) is 1.24. The molecule has 3 nitrogen and oxygen atoms in total. The van der Waals surface area contributed by atoms with Crippen LogP contribution >= 0.6 is 11.6 Å². The Morgan fingerprint density at radius 1 is 1.53 bits per heavy atom. The maximum atomic E-state index is 11.4. The number of nitrogens with zero attached hydrogens (tertiary/aromatic N) is 1. The second kappa shape index (κ2) is 6.40. The summed E-state index contributed by atoms with van der Waals surface area (Å²) in [4.78, 5) is 15.3. The van der Waals surface area contributed by atoms with Crippen molar-refractivity contribution in [3.05, 3.63) is 23.5 Å². The molecule has 0 radical (unpaired) electrons. The molecule has 0 saturated carbocycles. The molecule has 4 heteroatoms. The van der Waals surface area contributed by atoms with Crippen molar-refractivity contribution in [2.45, 2.75) is 32.6 Å². The lowest BCUT2D eigenvalue weighted by atomic mass is 10.2. The van der Waals surface area contributed by atoms with Crippen LogP contribution in [0, 0.1) is 0 Å². The summed E-state index contributed by atoms with van der Waals surface area (Å²) in [5, 5.41) is 3.17. The van der Waals surface area contributed by atoms with Crippen molar-refractivity contribution < 1.29 is 4.79 Å². The highest BCUT2D eigenvalue weighted by Gasteiger charge is 2.02. The molecule has 82 valence electrons. The third kappa shape index (κ3) is 4.79. The number of rotatable bonds is 5. The Kier molecular flexibility index (Phi) is 5.12. The van der Waals surface area contributed by atoms with Crippen LogP contribution in [0.5, 0.6) is 0 Å². The van der Waals surface area contributed by atoms with Crippen molar-refractivity contribution in [3.8, 4) is 0 Å². The second-order valence-corrected chi connectivity index (χ2v) is 3.76. The average Bonchev–Trinajstić information content (AvgIpc) is 2.18. The van der Waals surface area contributed by atoms with E-state index in [9.17, 15) is 4.79 Å². The Labute approximate surface area is 94.9 Å². The van der Waals surface area contributed by atoms with Crippen LogP contribution in [0.2, 0.25) is 5.15 Å². The van der Waals surface area contributed by atoms with Gasteiger partial charge in [0.05, 0.1) is 0 Å². The average molecular weight is 227 g/mol. The van der Waals surface area contributed by atoms with E-state index >= 15 is 0 Å². The monoisotopic (exact) mass is 226 g/mol. The maximum Gasteiger partial charge on any atom is 0.224 e. The molecule has 1 aromatic heterocycles. The van der Waals surface area contributed by atoms with E-state index in [0.717, 1.165) is 19.3 Å². The summed E-state index contributed by atoms with van der Waals surface area (Å²) < 4.78 is 0. The number of hydrogen-bond donors (Lipinski definition) is 1. The van der Waals surface area contributed by atoms with Crippen LogP contribution in [0.4, 0.5) is 5.69 Å². The van der Waals surface area contributed by atoms with Crippen LogP contribution in [-0.4, -0.2) is 10.9 Å². The molecular weight excluding hydrogens is 212 g/mol. The number of carbonyl (C=O) groups is 1. The third-order valence-corrected chi connectivity index (χ3v) is 2.22. The first-order valence-electron chi connectivity index (χ1n) is 5.13. The minimum atomic E-state index is 0.0331. The lowest BCUT2D eigenvalue weighted by Gasteiger charge is -2.04. The lowest BCUT2D eigenvalue weighted by molar-refractivity contribution is -0.116. The van der Waals surface area contributed by atoms with Gasteiger partial charge in [-0.15, -0.1) is 0 Å². The molecule has 0 aliphatic rings. The fourth-order valence-corrected chi connectivity index (χ4v) is 1.41. The molecule has 0 aromatic carbocycles. The highest BCUT2D eigenvalue weighted by molar-refractivity contribution is 6.29. The van der Waals surface area contributed by atoms with Crippen LogP contribution in [0.3, 0.4) is 0 Å². The number of hydrogen-bond acceptors (Lipinski definition) is 2. The number of carbonyl (C=O) groups excluding carboxylic acids is 1. The summed E-state index contributed by atoms with van der Waals surface area (Å²) >= 11 is 5.69. The van der Waals surface area contributed by atoms with Gasteiger partial charge in [-0.25, -0.2) is 4.98 Å². The van der Waals surface area contributed by atoms with Crippen molar-refractivity contribution in [1.29, 1.82) is 0 Å². The van der Waals surface area contributed by atoms with Gasteiger partial charge in [-0.1, -0.05) is 31.4 Å². The van der Waals surface area contributed by atoms with E-state index in [2.05, 4.69) is 17.2 Å². The highest BCUT2D eigenvalue weighted by atomic mass is 35.5. The summed E-state index contributed by atoms with van der Waals surface area (Å²) in [6.07, 6.45) is 5.28. The van der Waals surface area contributed by atoms with E-state index in [-0.39, 0.29) is 5.91 Å². The van der Waals surface area contributed by atoms with Gasteiger partial charge in [0.15, 0.2) is 0 Å². The molecule has 0 aliphatic heterocycles. The molecule has 0 aliphatic carbocycles. The van der Waals surface area contributed by atoms with E-state index in [1.165, 1.54) is 0 Å². The predicted octanol–water partition coefficient (Wildman–Crippen LogP) is 3.25. The first kappa shape index (κ1) is 12.0. The summed E-state index contributed by atoms with van der Waals surface area (Å²) in [5.41, 5.74) is 0.705. The van der Waals surface area contributed by atoms with Crippen LogP contribution in [0.25, 0.3) is 0 Å². The predicted molar refractivity (Wildman–Crippen MR) is 62.0 cm³/mol. The zero-order valence-electron chi connectivity index (χ0n) is 8.79. The van der Waals surface area contributed by atoms with Gasteiger partial charge in [-0.05, 0) is 18.6 Å². The minimum Gasteiger partial charge on any atom is -0.326 e. The molecule has 15 heavy (non-hydrogen) atoms. The van der Waals surface area contributed by atoms with Gasteiger partial charge in [0, 0.05) is 18.3 Å². The van der Waals surface area contributed by atoms with Gasteiger partial charge in [0.25, 0.3) is 0 Å². The normalized spacial score (nSPS) is 10.0. The standard InChI is InChI=1S/C11H15ClN2O/c1-2-3-4-5-11(15)14-9-6-7-13-10(12)8-9/h6-8H,2-5H2,1H3,(H,13,14,15). The van der Waals surface area contributed by atoms with Crippen molar-refractivity contribution in [2.75, 3.05) is 5.32 Å². The first-order valence-corrected chi connectivity index (χ1v) is 5.51. The van der Waals surface area contributed by atoms with Crippen molar-refractivity contribution in [3.63, 3.8) is 0 Å². The topological polar surface area (TPSA) is 42.0 Å². The van der Waals surface area contributed by atoms with Gasteiger partial charge < -0.3 is 5.32 Å². The lowest BCUT2D eigenvalue weighted by Crippen LogP contribution is -2.10. The van der Waals surface area contributed by atoms with Gasteiger partial charge in [-0.2, -0.15) is 0 Å². The Morgan fingerprint density at radius 3 is 3.00 bits per heavy atom. The molecule has 1 rings (SSSR count). The van der Waals surface area contributed by atoms with E-state index in [0.29, 0.717) is 17.3 Å². The van der Waals surface area contributed by atoms with E-state index < -0.39 is 0 Å². The van der Waals surface area contributed by atoms with E-state index in [4.69, 9.17) is 11.6 Å². The molecule has 0 atom stereocenters. The van der Waals surface area contributed by atoms with Gasteiger partial charge >= 0.3 is 0 Å². The molecule has 1 heterocycles. The molecule has 0 saturated heterocycles. The first-order chi connectivity index (χ1) is 7.22. The SMILES string of the molecule is CCCCCC(=O)Nc1ccnc(Cl)c1. The van der Waals surface area contributed by atoms with Crippen molar-refractivity contribution >= 4 is 23.2 Å². The molecule has 1 amide bonds. The molecule has 1 N–H and O–H groups in total. The molecule has 0 spiro atoms. The minimum absolute atomic E-state index is 0.0331. The number of anilines is 1. The molecule has 1 aromatic rings. The molecule has 0 bridgehead atoms. The van der Waals surface area contributed by atoms with E-state index in [1.807, 2.05) is 0 Å². The molecule has 0 fully saturated rings. The maximum absolute atomic E-state index is 11.4. The smallest absolute Gasteiger partial charge is 0.224 e. The van der Waals surface area contributed by atoms with Gasteiger partial charge in [-0.3, -0.25) is 4.79 Å². The van der Waals surface area contributed by atoms with Crippen LogP contribution in [0.1, 0.15) is 32.6 Å². The van der Waals surface area contributed by atoms with Crippen LogP contribution in [-0.2, 0) is 4.79 Å². The Morgan fingerprint density at radius 2 is 2.33 bits per heavy atom. The quantitative estimate of drug-likeness (QED) is 0.619. The van der Waals surface area contributed by atoms with Crippen molar-refractivity contribution in [2.24, 2.45) is 0 Å². The molecule has 0 unspecified atom stereocenters. The van der Waals surface area contributed by atoms with Crippen LogP contribution < -0.4 is 5.32 Å². The summed E-state index contributed by atoms with van der Waals surface area (Å²) in [6, 6.07) is 3.36. The number of aromatic nitrogens is 1. The van der Waals surface area contributed by atoms with E-state index in [1.54, 1.807) is 18.3 Å². The number of unbranched alkanes of at least 4 members (excludes halogenated alkanes) is 2. The summed E-state index contributed by atoms with van der Waals surface area (Å²) in [7, 11) is 0. The largest absolute Gasteiger partial charge is 0.326 e. The van der Waals surface area contributed by atoms with Crippen LogP contribution in [0.15, 0.2) is 18.3 Å². The summed E-state index contributed by atoms with van der Waals surface area (Å²) in [6.45, 7) is 2.11. The van der Waals surface area contributed by atoms with Gasteiger partial charge in [0.1, 0.15) is 5.15 Å². The number of amides is 1. The highest BCUT2D eigenvalue weighted by Crippen LogP contribution is 2.12. The Bertz CT molecular complexity index is 328. The summed E-state index contributed by atoms with van der Waals surface area (Å²) in [5.74, 6) is 0.0331. The van der Waals surface area contributed by atoms with Gasteiger partial charge in [0.2, 0.25) is 5.91 Å². The zero-order valence-corrected chi connectivity index (χ0v) is 9.55. The number of nitrogens with one attached hydrogen (secondary N) is 1. The fraction of sp³-hybridized carbons (Fsp3) is 0.455. The molecular formula is C11H15ClN2O. The number of halogens is 1. The Balaban J connectivity index is 2.37. The van der Waals surface area contributed by atoms with Crippen molar-refractivity contribution in [1.82, 2.24) is 4.98 Å². The zero-order chi connectivity index (χ0) is 11.1. The second-order valence-electron chi connectivity index (χ2n) is 3.37. The third-order valence-electron chi connectivity index (χ3n) is 2.02.